The average Bonchev–Trinajstić information content (AvgIpc) is 3.12. The summed E-state index contributed by atoms with van der Waals surface area (Å²) in [6.07, 6.45) is 8.84. The van der Waals surface area contributed by atoms with Gasteiger partial charge >= 0.3 is 0 Å². The molecule has 30 heavy (non-hydrogen) atoms. The number of fused-ring (bicyclic) bond motifs is 1. The first-order valence-electron chi connectivity index (χ1n) is 10.7. The van der Waals surface area contributed by atoms with Gasteiger partial charge in [0.2, 0.25) is 11.8 Å². The van der Waals surface area contributed by atoms with Crippen molar-refractivity contribution >= 4 is 29.2 Å². The molecule has 8 heteroatoms. The van der Waals surface area contributed by atoms with Crippen LogP contribution in [0.15, 0.2) is 18.5 Å². The molecule has 1 fully saturated rings. The van der Waals surface area contributed by atoms with Crippen molar-refractivity contribution in [2.45, 2.75) is 65.0 Å². The van der Waals surface area contributed by atoms with Crippen LogP contribution in [0.5, 0.6) is 0 Å². The lowest BCUT2D eigenvalue weighted by molar-refractivity contribution is -0.123. The molecule has 4 rings (SSSR count). The van der Waals surface area contributed by atoms with Crippen molar-refractivity contribution in [2.75, 3.05) is 5.32 Å². The van der Waals surface area contributed by atoms with Crippen molar-refractivity contribution in [3.8, 4) is 11.1 Å². The van der Waals surface area contributed by atoms with Gasteiger partial charge < -0.3 is 10.6 Å². The maximum Gasteiger partial charge on any atom is 0.228 e. The van der Waals surface area contributed by atoms with Crippen LogP contribution in [-0.2, 0) is 22.6 Å². The molecule has 1 aliphatic carbocycles. The lowest BCUT2D eigenvalue weighted by Gasteiger charge is -2.28. The number of amides is 2. The molecule has 2 aromatic heterocycles. The van der Waals surface area contributed by atoms with Crippen molar-refractivity contribution in [1.29, 1.82) is 0 Å². The number of aromatic nitrogens is 3. The van der Waals surface area contributed by atoms with Gasteiger partial charge in [-0.2, -0.15) is 5.10 Å². The average molecular weight is 430 g/mol. The molecule has 0 aromatic carbocycles. The Morgan fingerprint density at radius 2 is 2.03 bits per heavy atom. The van der Waals surface area contributed by atoms with Crippen LogP contribution in [0.25, 0.3) is 11.1 Å². The molecule has 2 aromatic rings. The lowest BCUT2D eigenvalue weighted by atomic mass is 9.85. The molecule has 2 N–H and O–H groups in total. The zero-order valence-corrected chi connectivity index (χ0v) is 18.2. The molecule has 0 spiro atoms. The van der Waals surface area contributed by atoms with Crippen LogP contribution in [0, 0.1) is 11.8 Å². The molecule has 2 aliphatic rings. The largest absolute Gasteiger partial charge is 0.354 e. The minimum Gasteiger partial charge on any atom is -0.354 e. The second-order valence-corrected chi connectivity index (χ2v) is 9.03. The Morgan fingerprint density at radius 1 is 1.20 bits per heavy atom. The number of hydrogen-bond acceptors (Lipinski definition) is 4. The van der Waals surface area contributed by atoms with E-state index in [0.717, 1.165) is 49.8 Å². The quantitative estimate of drug-likeness (QED) is 0.773. The maximum absolute atomic E-state index is 12.8. The molecule has 3 atom stereocenters. The van der Waals surface area contributed by atoms with E-state index in [1.54, 1.807) is 6.20 Å². The first-order valence-corrected chi connectivity index (χ1v) is 11.1. The molecule has 0 bridgehead atoms. The SMILES string of the molecule is CC(=O)N[C@@H]1CCC[C@H](C(=O)Nc2cc(-c3cnn4c3CC(C)CC4)c(Cl)cn2)C1. The molecule has 0 radical (unpaired) electrons. The third kappa shape index (κ3) is 4.51. The molecular formula is C22H28ClN5O2. The molecule has 7 nitrogen and oxygen atoms in total. The van der Waals surface area contributed by atoms with Crippen molar-refractivity contribution in [3.63, 3.8) is 0 Å². The van der Waals surface area contributed by atoms with E-state index in [1.807, 2.05) is 12.3 Å². The first kappa shape index (κ1) is 20.8. The Balaban J connectivity index is 1.51. The summed E-state index contributed by atoms with van der Waals surface area (Å²) in [6.45, 7) is 4.68. The number of anilines is 1. The summed E-state index contributed by atoms with van der Waals surface area (Å²) in [5.41, 5.74) is 3.04. The van der Waals surface area contributed by atoms with Crippen LogP contribution < -0.4 is 10.6 Å². The highest BCUT2D eigenvalue weighted by atomic mass is 35.5. The standard InChI is InChI=1S/C22H28ClN5O2/c1-13-6-7-28-20(8-13)18(11-25-28)17-10-21(24-12-19(17)23)27-22(30)15-4-3-5-16(9-15)26-14(2)29/h10-13,15-16H,3-9H2,1-2H3,(H,26,29)(H,24,27,30)/t13?,15-,16+/m0/s1. The lowest BCUT2D eigenvalue weighted by Crippen LogP contribution is -2.40. The first-order chi connectivity index (χ1) is 14.4. The Hall–Kier alpha value is -2.41. The van der Waals surface area contributed by atoms with Gasteiger partial charge in [-0.3, -0.25) is 14.3 Å². The second kappa shape index (κ2) is 8.76. The number of carbonyl (C=O) groups excluding carboxylic acids is 2. The molecule has 3 heterocycles. The smallest absolute Gasteiger partial charge is 0.228 e. The summed E-state index contributed by atoms with van der Waals surface area (Å²) < 4.78 is 2.05. The van der Waals surface area contributed by atoms with Gasteiger partial charge in [0.1, 0.15) is 5.82 Å². The molecule has 1 saturated carbocycles. The predicted octanol–water partition coefficient (Wildman–Crippen LogP) is 3.81. The molecular weight excluding hydrogens is 402 g/mol. The van der Waals surface area contributed by atoms with Gasteiger partial charge in [-0.25, -0.2) is 4.98 Å². The van der Waals surface area contributed by atoms with Crippen LogP contribution in [-0.4, -0.2) is 32.6 Å². The number of pyridine rings is 1. The van der Waals surface area contributed by atoms with E-state index in [2.05, 4.69) is 32.3 Å². The highest BCUT2D eigenvalue weighted by Crippen LogP contribution is 2.35. The molecule has 160 valence electrons. The monoisotopic (exact) mass is 429 g/mol. The summed E-state index contributed by atoms with van der Waals surface area (Å²) in [5, 5.41) is 11.0. The van der Waals surface area contributed by atoms with E-state index < -0.39 is 0 Å². The number of carbonyl (C=O) groups is 2. The Kier molecular flexibility index (Phi) is 6.09. The van der Waals surface area contributed by atoms with Gasteiger partial charge in [-0.15, -0.1) is 0 Å². The third-order valence-electron chi connectivity index (χ3n) is 6.17. The molecule has 1 unspecified atom stereocenters. The minimum absolute atomic E-state index is 0.0519. The van der Waals surface area contributed by atoms with Gasteiger partial charge in [-0.05, 0) is 44.1 Å². The number of hydrogen-bond donors (Lipinski definition) is 2. The Morgan fingerprint density at radius 3 is 2.83 bits per heavy atom. The highest BCUT2D eigenvalue weighted by molar-refractivity contribution is 6.33. The van der Waals surface area contributed by atoms with Crippen LogP contribution >= 0.6 is 11.6 Å². The van der Waals surface area contributed by atoms with E-state index in [-0.39, 0.29) is 23.8 Å². The molecule has 0 saturated heterocycles. The second-order valence-electron chi connectivity index (χ2n) is 8.63. The Labute approximate surface area is 181 Å². The van der Waals surface area contributed by atoms with E-state index in [9.17, 15) is 9.59 Å². The summed E-state index contributed by atoms with van der Waals surface area (Å²) in [6, 6.07) is 1.90. The zero-order chi connectivity index (χ0) is 21.3. The number of nitrogens with zero attached hydrogens (tertiary/aromatic N) is 3. The normalized spacial score (nSPS) is 23.5. The van der Waals surface area contributed by atoms with Gasteiger partial charge in [0.25, 0.3) is 0 Å². The predicted molar refractivity (Wildman–Crippen MR) is 116 cm³/mol. The molecule has 1 aliphatic heterocycles. The van der Waals surface area contributed by atoms with Gasteiger partial charge in [0.15, 0.2) is 0 Å². The number of aryl methyl sites for hydroxylation is 1. The maximum atomic E-state index is 12.8. The number of rotatable bonds is 4. The van der Waals surface area contributed by atoms with Gasteiger partial charge in [0, 0.05) is 48.4 Å². The molecule has 2 amide bonds. The minimum atomic E-state index is -0.138. The Bertz CT molecular complexity index is 957. The van der Waals surface area contributed by atoms with Crippen LogP contribution in [0.2, 0.25) is 5.02 Å². The fourth-order valence-electron chi connectivity index (χ4n) is 4.61. The fraction of sp³-hybridized carbons (Fsp3) is 0.545. The van der Waals surface area contributed by atoms with E-state index in [1.165, 1.54) is 12.6 Å². The number of nitrogens with one attached hydrogen (secondary N) is 2. The van der Waals surface area contributed by atoms with Crippen LogP contribution in [0.4, 0.5) is 5.82 Å². The summed E-state index contributed by atoms with van der Waals surface area (Å²) in [5.74, 6) is 0.849. The topological polar surface area (TPSA) is 88.9 Å². The van der Waals surface area contributed by atoms with E-state index in [4.69, 9.17) is 11.6 Å². The van der Waals surface area contributed by atoms with Gasteiger partial charge in [-0.1, -0.05) is 24.9 Å². The van der Waals surface area contributed by atoms with Crippen molar-refractivity contribution in [1.82, 2.24) is 20.1 Å². The summed E-state index contributed by atoms with van der Waals surface area (Å²) >= 11 is 6.47. The summed E-state index contributed by atoms with van der Waals surface area (Å²) in [7, 11) is 0. The van der Waals surface area contributed by atoms with E-state index >= 15 is 0 Å². The number of halogens is 1. The third-order valence-corrected chi connectivity index (χ3v) is 6.47. The zero-order valence-electron chi connectivity index (χ0n) is 17.4. The van der Waals surface area contributed by atoms with Crippen LogP contribution in [0.1, 0.15) is 51.6 Å². The van der Waals surface area contributed by atoms with Gasteiger partial charge in [0.05, 0.1) is 11.2 Å². The highest BCUT2D eigenvalue weighted by Gasteiger charge is 2.28. The van der Waals surface area contributed by atoms with Crippen molar-refractivity contribution in [3.05, 3.63) is 29.2 Å². The van der Waals surface area contributed by atoms with Crippen LogP contribution in [0.3, 0.4) is 0 Å². The fourth-order valence-corrected chi connectivity index (χ4v) is 4.81. The van der Waals surface area contributed by atoms with Crippen molar-refractivity contribution < 1.29 is 9.59 Å². The van der Waals surface area contributed by atoms with E-state index in [0.29, 0.717) is 23.2 Å². The van der Waals surface area contributed by atoms with Crippen molar-refractivity contribution in [2.24, 2.45) is 11.8 Å². The summed E-state index contributed by atoms with van der Waals surface area (Å²) in [4.78, 5) is 28.5.